The summed E-state index contributed by atoms with van der Waals surface area (Å²) in [5.74, 6) is 1.05. The Bertz CT molecular complexity index is 520. The van der Waals surface area contributed by atoms with Crippen molar-refractivity contribution in [1.82, 2.24) is 9.97 Å². The van der Waals surface area contributed by atoms with Crippen molar-refractivity contribution in [2.45, 2.75) is 6.42 Å². The quantitative estimate of drug-likeness (QED) is 0.795. The molecular weight excluding hydrogens is 264 g/mol. The Morgan fingerprint density at radius 1 is 1.29 bits per heavy atom. The number of sulfone groups is 1. The van der Waals surface area contributed by atoms with Crippen molar-refractivity contribution in [2.75, 3.05) is 35.2 Å². The fourth-order valence-corrected chi connectivity index (χ4v) is 3.23. The Morgan fingerprint density at radius 3 is 2.82 bits per heavy atom. The van der Waals surface area contributed by atoms with Gasteiger partial charge in [-0.15, -0.1) is 0 Å². The van der Waals surface area contributed by atoms with Crippen LogP contribution in [0.15, 0.2) is 6.33 Å². The molecule has 1 aromatic heterocycles. The van der Waals surface area contributed by atoms with Crippen LogP contribution in [0.1, 0.15) is 6.42 Å². The van der Waals surface area contributed by atoms with Crippen molar-refractivity contribution in [3.05, 3.63) is 11.3 Å². The van der Waals surface area contributed by atoms with Gasteiger partial charge < -0.3 is 10.6 Å². The number of nitrogens with two attached hydrogens (primary N) is 1. The molecular formula is C9H13ClN4O2S. The molecule has 94 valence electrons. The minimum Gasteiger partial charge on any atom is -0.382 e. The fourth-order valence-electron chi connectivity index (χ4n) is 1.74. The van der Waals surface area contributed by atoms with Crippen LogP contribution in [0.3, 0.4) is 0 Å². The second-order valence-electron chi connectivity index (χ2n) is 3.89. The first kappa shape index (κ1) is 12.4. The van der Waals surface area contributed by atoms with Crippen molar-refractivity contribution in [3.8, 4) is 0 Å². The molecule has 2 heterocycles. The maximum atomic E-state index is 11.5. The number of anilines is 2. The fraction of sp³-hybridized carbons (Fsp3) is 0.556. The summed E-state index contributed by atoms with van der Waals surface area (Å²) < 4.78 is 23.0. The summed E-state index contributed by atoms with van der Waals surface area (Å²) in [6, 6.07) is 0. The lowest BCUT2D eigenvalue weighted by atomic mass is 10.4. The predicted octanol–water partition coefficient (Wildman–Crippen LogP) is 0.337. The molecule has 0 aliphatic carbocycles. The Balaban J connectivity index is 2.26. The van der Waals surface area contributed by atoms with Gasteiger partial charge in [0.1, 0.15) is 17.2 Å². The molecule has 1 aliphatic heterocycles. The van der Waals surface area contributed by atoms with Crippen molar-refractivity contribution in [3.63, 3.8) is 0 Å². The Labute approximate surface area is 105 Å². The molecule has 1 aliphatic rings. The van der Waals surface area contributed by atoms with Gasteiger partial charge in [0.15, 0.2) is 15.7 Å². The molecule has 0 spiro atoms. The van der Waals surface area contributed by atoms with E-state index in [0.717, 1.165) is 0 Å². The lowest BCUT2D eigenvalue weighted by molar-refractivity contribution is 0.597. The van der Waals surface area contributed by atoms with Gasteiger partial charge in [-0.2, -0.15) is 0 Å². The smallest absolute Gasteiger partial charge is 0.153 e. The highest BCUT2D eigenvalue weighted by molar-refractivity contribution is 7.91. The summed E-state index contributed by atoms with van der Waals surface area (Å²) in [6.45, 7) is 0.994. The maximum absolute atomic E-state index is 11.5. The van der Waals surface area contributed by atoms with Gasteiger partial charge in [0, 0.05) is 13.1 Å². The van der Waals surface area contributed by atoms with E-state index in [1.54, 1.807) is 0 Å². The largest absolute Gasteiger partial charge is 0.382 e. The number of rotatable bonds is 1. The minimum absolute atomic E-state index is 0.118. The number of halogens is 1. The van der Waals surface area contributed by atoms with E-state index in [-0.39, 0.29) is 22.3 Å². The van der Waals surface area contributed by atoms with E-state index in [1.807, 2.05) is 4.90 Å². The molecule has 6 nitrogen and oxygen atoms in total. The van der Waals surface area contributed by atoms with Gasteiger partial charge in [-0.1, -0.05) is 11.6 Å². The monoisotopic (exact) mass is 276 g/mol. The second-order valence-corrected chi connectivity index (χ2v) is 6.57. The van der Waals surface area contributed by atoms with E-state index in [4.69, 9.17) is 17.3 Å². The van der Waals surface area contributed by atoms with Crippen molar-refractivity contribution in [2.24, 2.45) is 0 Å². The lowest BCUT2D eigenvalue weighted by Gasteiger charge is -2.21. The number of hydrogen-bond acceptors (Lipinski definition) is 6. The first-order valence-corrected chi connectivity index (χ1v) is 7.41. The molecule has 0 unspecified atom stereocenters. The Morgan fingerprint density at radius 2 is 2.06 bits per heavy atom. The zero-order valence-electron chi connectivity index (χ0n) is 9.13. The van der Waals surface area contributed by atoms with E-state index < -0.39 is 9.84 Å². The average molecular weight is 277 g/mol. The molecule has 17 heavy (non-hydrogen) atoms. The third-order valence-electron chi connectivity index (χ3n) is 2.65. The summed E-state index contributed by atoms with van der Waals surface area (Å²) in [5, 5.41) is 0.284. The van der Waals surface area contributed by atoms with Crippen molar-refractivity contribution < 1.29 is 8.42 Å². The summed E-state index contributed by atoms with van der Waals surface area (Å²) in [6.07, 6.45) is 1.90. The lowest BCUT2D eigenvalue weighted by Crippen LogP contribution is -2.28. The zero-order chi connectivity index (χ0) is 12.5. The number of aromatic nitrogens is 2. The SMILES string of the molecule is Nc1ncnc(N2CCCS(=O)(=O)CC2)c1Cl. The number of hydrogen-bond donors (Lipinski definition) is 1. The first-order chi connectivity index (χ1) is 7.99. The van der Waals surface area contributed by atoms with Crippen LogP contribution in [0.5, 0.6) is 0 Å². The van der Waals surface area contributed by atoms with Crippen LogP contribution >= 0.6 is 11.6 Å². The van der Waals surface area contributed by atoms with Crippen LogP contribution in [-0.4, -0.2) is 43.0 Å². The number of nitrogens with zero attached hydrogens (tertiary/aromatic N) is 3. The first-order valence-electron chi connectivity index (χ1n) is 5.21. The molecule has 0 amide bonds. The number of nitrogen functional groups attached to an aromatic ring is 1. The average Bonchev–Trinajstić information content (AvgIpc) is 2.44. The Hall–Kier alpha value is -1.08. The topological polar surface area (TPSA) is 89.2 Å². The van der Waals surface area contributed by atoms with Crippen LogP contribution < -0.4 is 10.6 Å². The molecule has 8 heteroatoms. The molecule has 0 aromatic carbocycles. The third-order valence-corrected chi connectivity index (χ3v) is 4.73. The minimum atomic E-state index is -2.94. The Kier molecular flexibility index (Phi) is 3.39. The van der Waals surface area contributed by atoms with Crippen molar-refractivity contribution >= 4 is 33.1 Å². The molecule has 2 N–H and O–H groups in total. The standard InChI is InChI=1S/C9H13ClN4O2S/c10-7-8(11)12-6-13-9(7)14-2-1-4-17(15,16)5-3-14/h6H,1-5H2,(H2,11,12,13). The molecule has 1 aromatic rings. The van der Waals surface area contributed by atoms with E-state index >= 15 is 0 Å². The summed E-state index contributed by atoms with van der Waals surface area (Å²) in [5.41, 5.74) is 5.59. The molecule has 0 bridgehead atoms. The summed E-state index contributed by atoms with van der Waals surface area (Å²) >= 11 is 6.01. The molecule has 2 rings (SSSR count). The van der Waals surface area contributed by atoms with Crippen LogP contribution in [0, 0.1) is 0 Å². The van der Waals surface area contributed by atoms with Gasteiger partial charge in [-0.05, 0) is 6.42 Å². The predicted molar refractivity (Wildman–Crippen MR) is 66.9 cm³/mol. The van der Waals surface area contributed by atoms with Gasteiger partial charge in [-0.25, -0.2) is 18.4 Å². The second kappa shape index (κ2) is 4.66. The van der Waals surface area contributed by atoms with Gasteiger partial charge in [0.25, 0.3) is 0 Å². The van der Waals surface area contributed by atoms with Crippen molar-refractivity contribution in [1.29, 1.82) is 0 Å². The van der Waals surface area contributed by atoms with E-state index in [1.165, 1.54) is 6.33 Å². The molecule has 1 saturated heterocycles. The van der Waals surface area contributed by atoms with E-state index in [2.05, 4.69) is 9.97 Å². The molecule has 0 saturated carbocycles. The van der Waals surface area contributed by atoms with Crippen LogP contribution in [0.4, 0.5) is 11.6 Å². The van der Waals surface area contributed by atoms with Gasteiger partial charge in [0.05, 0.1) is 11.5 Å². The van der Waals surface area contributed by atoms with Gasteiger partial charge >= 0.3 is 0 Å². The highest BCUT2D eigenvalue weighted by Crippen LogP contribution is 2.27. The van der Waals surface area contributed by atoms with E-state index in [9.17, 15) is 8.42 Å². The highest BCUT2D eigenvalue weighted by Gasteiger charge is 2.22. The van der Waals surface area contributed by atoms with Crippen LogP contribution in [-0.2, 0) is 9.84 Å². The van der Waals surface area contributed by atoms with Crippen LogP contribution in [0.25, 0.3) is 0 Å². The molecule has 1 fully saturated rings. The summed E-state index contributed by atoms with van der Waals surface area (Å²) in [7, 11) is -2.94. The van der Waals surface area contributed by atoms with Gasteiger partial charge in [-0.3, -0.25) is 0 Å². The van der Waals surface area contributed by atoms with E-state index in [0.29, 0.717) is 25.3 Å². The third kappa shape index (κ3) is 2.78. The maximum Gasteiger partial charge on any atom is 0.153 e. The zero-order valence-corrected chi connectivity index (χ0v) is 10.7. The van der Waals surface area contributed by atoms with Gasteiger partial charge in [0.2, 0.25) is 0 Å². The molecule has 0 radical (unpaired) electrons. The highest BCUT2D eigenvalue weighted by atomic mass is 35.5. The normalized spacial score (nSPS) is 19.9. The van der Waals surface area contributed by atoms with Crippen LogP contribution in [0.2, 0.25) is 5.02 Å². The summed E-state index contributed by atoms with van der Waals surface area (Å²) in [4.78, 5) is 9.67. The molecule has 0 atom stereocenters.